The van der Waals surface area contributed by atoms with Crippen molar-refractivity contribution in [3.8, 4) is 0 Å². The zero-order valence-electron chi connectivity index (χ0n) is 13.7. The molecule has 1 heterocycles. The molecular formula is C18H15IN2O3S2. The van der Waals surface area contributed by atoms with Crippen LogP contribution in [0.1, 0.15) is 15.9 Å². The number of sulfonamides is 1. The van der Waals surface area contributed by atoms with Crippen molar-refractivity contribution in [2.45, 2.75) is 11.1 Å². The highest BCUT2D eigenvalue weighted by atomic mass is 127. The fourth-order valence-electron chi connectivity index (χ4n) is 2.27. The number of nitrogens with one attached hydrogen (secondary N) is 2. The fraction of sp³-hybridized carbons (Fsp3) is 0.0556. The van der Waals surface area contributed by atoms with Gasteiger partial charge < -0.3 is 5.32 Å². The van der Waals surface area contributed by atoms with Crippen molar-refractivity contribution >= 4 is 61.2 Å². The largest absolute Gasteiger partial charge is 0.322 e. The van der Waals surface area contributed by atoms with E-state index in [9.17, 15) is 13.2 Å². The summed E-state index contributed by atoms with van der Waals surface area (Å²) in [6.45, 7) is 1.93. The van der Waals surface area contributed by atoms with Gasteiger partial charge in [-0.3, -0.25) is 9.52 Å². The van der Waals surface area contributed by atoms with E-state index < -0.39 is 10.0 Å². The Kier molecular flexibility index (Phi) is 5.64. The molecular weight excluding hydrogens is 483 g/mol. The Morgan fingerprint density at radius 1 is 1.08 bits per heavy atom. The van der Waals surface area contributed by atoms with Gasteiger partial charge >= 0.3 is 0 Å². The first-order chi connectivity index (χ1) is 12.3. The van der Waals surface area contributed by atoms with Crippen LogP contribution in [0, 0.1) is 10.5 Å². The van der Waals surface area contributed by atoms with Gasteiger partial charge in [0.15, 0.2) is 0 Å². The first-order valence-corrected chi connectivity index (χ1v) is 11.0. The van der Waals surface area contributed by atoms with Crippen LogP contribution >= 0.6 is 33.9 Å². The summed E-state index contributed by atoms with van der Waals surface area (Å²) in [5.74, 6) is -0.248. The van der Waals surface area contributed by atoms with E-state index in [0.717, 1.165) is 26.2 Å². The van der Waals surface area contributed by atoms with Crippen molar-refractivity contribution in [1.82, 2.24) is 0 Å². The first kappa shape index (κ1) is 18.9. The summed E-state index contributed by atoms with van der Waals surface area (Å²) in [6.07, 6.45) is 0. The van der Waals surface area contributed by atoms with E-state index in [2.05, 4.69) is 32.6 Å². The third-order valence-corrected chi connectivity index (χ3v) is 7.05. The van der Waals surface area contributed by atoms with Crippen LogP contribution in [0.25, 0.3) is 0 Å². The molecule has 0 unspecified atom stereocenters. The van der Waals surface area contributed by atoms with Crippen LogP contribution in [-0.2, 0) is 10.0 Å². The molecule has 3 aromatic rings. The van der Waals surface area contributed by atoms with Crippen LogP contribution in [0.5, 0.6) is 0 Å². The lowest BCUT2D eigenvalue weighted by Gasteiger charge is -2.10. The molecule has 3 rings (SSSR count). The number of amides is 1. The predicted octanol–water partition coefficient (Wildman–Crippen LogP) is 4.71. The topological polar surface area (TPSA) is 75.3 Å². The van der Waals surface area contributed by atoms with Crippen molar-refractivity contribution in [1.29, 1.82) is 0 Å². The number of hydrogen-bond acceptors (Lipinski definition) is 4. The van der Waals surface area contributed by atoms with Gasteiger partial charge in [-0.15, -0.1) is 11.3 Å². The maximum atomic E-state index is 12.4. The van der Waals surface area contributed by atoms with Crippen LogP contribution in [0.2, 0.25) is 0 Å². The van der Waals surface area contributed by atoms with Crippen molar-refractivity contribution < 1.29 is 13.2 Å². The highest BCUT2D eigenvalue weighted by molar-refractivity contribution is 14.1. The van der Waals surface area contributed by atoms with Gasteiger partial charge in [0, 0.05) is 20.5 Å². The van der Waals surface area contributed by atoms with E-state index in [1.165, 1.54) is 6.07 Å². The number of thiophene rings is 1. The number of anilines is 2. The lowest BCUT2D eigenvalue weighted by Crippen LogP contribution is -2.14. The van der Waals surface area contributed by atoms with E-state index in [1.807, 2.05) is 25.1 Å². The Labute approximate surface area is 169 Å². The Morgan fingerprint density at radius 2 is 1.81 bits per heavy atom. The molecule has 5 nitrogen and oxygen atoms in total. The summed E-state index contributed by atoms with van der Waals surface area (Å²) < 4.78 is 28.3. The lowest BCUT2D eigenvalue weighted by molar-refractivity contribution is 0.102. The van der Waals surface area contributed by atoms with Crippen LogP contribution in [0.15, 0.2) is 64.2 Å². The molecule has 0 fully saturated rings. The van der Waals surface area contributed by atoms with Crippen LogP contribution < -0.4 is 10.0 Å². The SMILES string of the molecule is Cc1cc(I)ccc1NC(=O)c1ccc(NS(=O)(=O)c2cccs2)cc1. The molecule has 26 heavy (non-hydrogen) atoms. The normalized spacial score (nSPS) is 11.2. The molecule has 0 saturated carbocycles. The minimum atomic E-state index is -3.59. The molecule has 0 spiro atoms. The number of benzene rings is 2. The lowest BCUT2D eigenvalue weighted by atomic mass is 10.1. The van der Waals surface area contributed by atoms with E-state index in [1.54, 1.807) is 35.7 Å². The van der Waals surface area contributed by atoms with Gasteiger partial charge in [-0.2, -0.15) is 0 Å². The van der Waals surface area contributed by atoms with E-state index in [4.69, 9.17) is 0 Å². The highest BCUT2D eigenvalue weighted by Gasteiger charge is 2.15. The summed E-state index contributed by atoms with van der Waals surface area (Å²) >= 11 is 3.36. The molecule has 134 valence electrons. The summed E-state index contributed by atoms with van der Waals surface area (Å²) in [7, 11) is -3.59. The smallest absolute Gasteiger partial charge is 0.271 e. The second kappa shape index (κ2) is 7.77. The van der Waals surface area contributed by atoms with Crippen LogP contribution in [-0.4, -0.2) is 14.3 Å². The average Bonchev–Trinajstić information content (AvgIpc) is 3.13. The van der Waals surface area contributed by atoms with Crippen LogP contribution in [0.3, 0.4) is 0 Å². The summed E-state index contributed by atoms with van der Waals surface area (Å²) in [5.41, 5.74) is 2.57. The third-order valence-electron chi connectivity index (χ3n) is 3.60. The second-order valence-electron chi connectivity index (χ2n) is 5.53. The van der Waals surface area contributed by atoms with Crippen molar-refractivity contribution in [2.24, 2.45) is 0 Å². The fourth-order valence-corrected chi connectivity index (χ4v) is 4.97. The maximum absolute atomic E-state index is 12.4. The summed E-state index contributed by atoms with van der Waals surface area (Å²) in [6, 6.07) is 15.3. The number of hydrogen-bond donors (Lipinski definition) is 2. The minimum absolute atomic E-state index is 0.244. The molecule has 0 aliphatic rings. The second-order valence-corrected chi connectivity index (χ2v) is 9.63. The molecule has 0 radical (unpaired) electrons. The van der Waals surface area contributed by atoms with Gasteiger partial charge in [0.25, 0.3) is 15.9 Å². The maximum Gasteiger partial charge on any atom is 0.271 e. The highest BCUT2D eigenvalue weighted by Crippen LogP contribution is 2.22. The summed E-state index contributed by atoms with van der Waals surface area (Å²) in [5, 5.41) is 4.57. The van der Waals surface area contributed by atoms with Gasteiger partial charge in [0.2, 0.25) is 0 Å². The van der Waals surface area contributed by atoms with E-state index in [0.29, 0.717) is 11.3 Å². The molecule has 8 heteroatoms. The molecule has 0 aliphatic heterocycles. The van der Waals surface area contributed by atoms with Crippen molar-refractivity contribution in [3.63, 3.8) is 0 Å². The standard InChI is InChI=1S/C18H15IN2O3S2/c1-12-11-14(19)6-9-16(12)20-18(22)13-4-7-15(8-5-13)21-26(23,24)17-3-2-10-25-17/h2-11,21H,1H3,(H,20,22). The first-order valence-electron chi connectivity index (χ1n) is 7.59. The number of carbonyl (C=O) groups excluding carboxylic acids is 1. The molecule has 1 amide bonds. The Balaban J connectivity index is 1.72. The number of rotatable bonds is 5. The molecule has 2 N–H and O–H groups in total. The van der Waals surface area contributed by atoms with Crippen molar-refractivity contribution in [3.05, 3.63) is 74.7 Å². The Morgan fingerprint density at radius 3 is 2.42 bits per heavy atom. The Hall–Kier alpha value is -1.91. The molecule has 0 aliphatic carbocycles. The van der Waals surface area contributed by atoms with Gasteiger partial charge in [0.1, 0.15) is 4.21 Å². The number of carbonyl (C=O) groups is 1. The van der Waals surface area contributed by atoms with Crippen molar-refractivity contribution in [2.75, 3.05) is 10.0 Å². The molecule has 0 bridgehead atoms. The molecule has 1 aromatic heterocycles. The number of halogens is 1. The zero-order valence-corrected chi connectivity index (χ0v) is 17.5. The quantitative estimate of drug-likeness (QED) is 0.501. The summed E-state index contributed by atoms with van der Waals surface area (Å²) in [4.78, 5) is 12.4. The van der Waals surface area contributed by atoms with Crippen LogP contribution in [0.4, 0.5) is 11.4 Å². The van der Waals surface area contributed by atoms with Gasteiger partial charge in [-0.1, -0.05) is 6.07 Å². The number of aryl methyl sites for hydroxylation is 1. The molecule has 0 atom stereocenters. The zero-order chi connectivity index (χ0) is 18.7. The Bertz CT molecular complexity index is 1030. The van der Waals surface area contributed by atoms with Gasteiger partial charge in [-0.05, 0) is 89.0 Å². The van der Waals surface area contributed by atoms with E-state index in [-0.39, 0.29) is 10.1 Å². The van der Waals surface area contributed by atoms with Gasteiger partial charge in [-0.25, -0.2) is 8.42 Å². The third kappa shape index (κ3) is 4.43. The predicted molar refractivity (Wildman–Crippen MR) is 113 cm³/mol. The van der Waals surface area contributed by atoms with E-state index >= 15 is 0 Å². The minimum Gasteiger partial charge on any atom is -0.322 e. The van der Waals surface area contributed by atoms with Gasteiger partial charge in [0.05, 0.1) is 0 Å². The molecule has 0 saturated heterocycles. The molecule has 2 aromatic carbocycles. The average molecular weight is 498 g/mol. The monoisotopic (exact) mass is 498 g/mol.